The topological polar surface area (TPSA) is 79.5 Å². The van der Waals surface area contributed by atoms with Crippen molar-refractivity contribution in [2.75, 3.05) is 29.1 Å². The molecule has 30 heavy (non-hydrogen) atoms. The van der Waals surface area contributed by atoms with Gasteiger partial charge in [0.25, 0.3) is 0 Å². The van der Waals surface area contributed by atoms with Gasteiger partial charge in [-0.15, -0.1) is 0 Å². The Bertz CT molecular complexity index is 817. The molecule has 162 valence electrons. The van der Waals surface area contributed by atoms with Crippen molar-refractivity contribution in [3.63, 3.8) is 0 Å². The molecule has 0 saturated carbocycles. The molecular weight excluding hydrogens is 378 g/mol. The molecule has 0 aliphatic rings. The number of ether oxygens (including phenoxy) is 1. The first kappa shape index (κ1) is 23.3. The number of carbonyl (C=O) groups is 2. The summed E-state index contributed by atoms with van der Waals surface area (Å²) >= 11 is 0. The molecule has 0 aromatic heterocycles. The van der Waals surface area contributed by atoms with Gasteiger partial charge in [0, 0.05) is 29.5 Å². The van der Waals surface area contributed by atoms with Gasteiger partial charge in [-0.3, -0.25) is 9.59 Å². The highest BCUT2D eigenvalue weighted by molar-refractivity contribution is 5.94. The fourth-order valence-electron chi connectivity index (χ4n) is 2.72. The number of nitrogens with one attached hydrogen (secondary N) is 3. The SMILES string of the molecule is CC(C)CCOc1cccc(NCC(=O)Nc2ccc(NC(=O)CC(C)C)cc2)c1. The predicted molar refractivity (Wildman–Crippen MR) is 123 cm³/mol. The number of benzene rings is 2. The zero-order valence-corrected chi connectivity index (χ0v) is 18.3. The lowest BCUT2D eigenvalue weighted by Gasteiger charge is -2.11. The number of carbonyl (C=O) groups excluding carboxylic acids is 2. The molecule has 0 aliphatic carbocycles. The highest BCUT2D eigenvalue weighted by Gasteiger charge is 2.07. The summed E-state index contributed by atoms with van der Waals surface area (Å²) < 4.78 is 5.75. The van der Waals surface area contributed by atoms with E-state index >= 15 is 0 Å². The van der Waals surface area contributed by atoms with Crippen LogP contribution in [0.5, 0.6) is 5.75 Å². The maximum Gasteiger partial charge on any atom is 0.243 e. The fraction of sp³-hybridized carbons (Fsp3) is 0.417. The van der Waals surface area contributed by atoms with Gasteiger partial charge in [-0.25, -0.2) is 0 Å². The predicted octanol–water partition coefficient (Wildman–Crippen LogP) is 5.15. The van der Waals surface area contributed by atoms with Gasteiger partial charge in [0.1, 0.15) is 5.75 Å². The number of rotatable bonds is 11. The van der Waals surface area contributed by atoms with Gasteiger partial charge < -0.3 is 20.7 Å². The highest BCUT2D eigenvalue weighted by Crippen LogP contribution is 2.18. The molecule has 0 atom stereocenters. The van der Waals surface area contributed by atoms with Gasteiger partial charge in [-0.05, 0) is 54.7 Å². The lowest BCUT2D eigenvalue weighted by atomic mass is 10.1. The van der Waals surface area contributed by atoms with Crippen LogP contribution in [0.4, 0.5) is 17.1 Å². The van der Waals surface area contributed by atoms with Crippen LogP contribution < -0.4 is 20.7 Å². The third-order valence-corrected chi connectivity index (χ3v) is 4.30. The number of hydrogen-bond donors (Lipinski definition) is 3. The van der Waals surface area contributed by atoms with Crippen LogP contribution in [-0.2, 0) is 9.59 Å². The largest absolute Gasteiger partial charge is 0.494 e. The summed E-state index contributed by atoms with van der Waals surface area (Å²) in [7, 11) is 0. The number of hydrogen-bond acceptors (Lipinski definition) is 4. The second-order valence-electron chi connectivity index (χ2n) is 8.18. The minimum Gasteiger partial charge on any atom is -0.494 e. The smallest absolute Gasteiger partial charge is 0.243 e. The minimum atomic E-state index is -0.155. The van der Waals surface area contributed by atoms with Crippen molar-refractivity contribution in [1.29, 1.82) is 0 Å². The Balaban J connectivity index is 1.78. The molecule has 0 fully saturated rings. The van der Waals surface area contributed by atoms with E-state index in [9.17, 15) is 9.59 Å². The van der Waals surface area contributed by atoms with Crippen molar-refractivity contribution in [2.45, 2.75) is 40.5 Å². The quantitative estimate of drug-likeness (QED) is 0.478. The van der Waals surface area contributed by atoms with Gasteiger partial charge in [0.05, 0.1) is 13.2 Å². The highest BCUT2D eigenvalue weighted by atomic mass is 16.5. The van der Waals surface area contributed by atoms with Crippen LogP contribution in [0.25, 0.3) is 0 Å². The van der Waals surface area contributed by atoms with E-state index in [1.165, 1.54) is 0 Å². The fourth-order valence-corrected chi connectivity index (χ4v) is 2.72. The molecule has 0 unspecified atom stereocenters. The Morgan fingerprint density at radius 3 is 2.07 bits per heavy atom. The summed E-state index contributed by atoms with van der Waals surface area (Å²) in [6, 6.07) is 14.7. The molecule has 2 aromatic carbocycles. The molecule has 0 saturated heterocycles. The van der Waals surface area contributed by atoms with E-state index in [0.717, 1.165) is 17.9 Å². The summed E-state index contributed by atoms with van der Waals surface area (Å²) in [5.74, 6) is 1.53. The number of anilines is 3. The van der Waals surface area contributed by atoms with Crippen molar-refractivity contribution in [3.05, 3.63) is 48.5 Å². The summed E-state index contributed by atoms with van der Waals surface area (Å²) in [6.45, 7) is 9.15. The average Bonchev–Trinajstić information content (AvgIpc) is 2.67. The van der Waals surface area contributed by atoms with Gasteiger partial charge in [0.15, 0.2) is 0 Å². The lowest BCUT2D eigenvalue weighted by molar-refractivity contribution is -0.117. The van der Waals surface area contributed by atoms with E-state index in [2.05, 4.69) is 29.8 Å². The van der Waals surface area contributed by atoms with E-state index in [1.807, 2.05) is 38.1 Å². The molecule has 2 aromatic rings. The van der Waals surface area contributed by atoms with E-state index in [-0.39, 0.29) is 18.4 Å². The molecular formula is C24H33N3O3. The van der Waals surface area contributed by atoms with Crippen LogP contribution in [0.15, 0.2) is 48.5 Å². The zero-order chi connectivity index (χ0) is 21.9. The minimum absolute atomic E-state index is 0.0126. The average molecular weight is 412 g/mol. The summed E-state index contributed by atoms with van der Waals surface area (Å²) in [5, 5.41) is 8.80. The Morgan fingerprint density at radius 2 is 1.47 bits per heavy atom. The second-order valence-corrected chi connectivity index (χ2v) is 8.18. The van der Waals surface area contributed by atoms with Crippen molar-refractivity contribution < 1.29 is 14.3 Å². The van der Waals surface area contributed by atoms with Crippen LogP contribution >= 0.6 is 0 Å². The summed E-state index contributed by atoms with van der Waals surface area (Å²) in [5.41, 5.74) is 2.22. The maximum atomic E-state index is 12.2. The molecule has 2 amide bonds. The molecule has 6 heteroatoms. The van der Waals surface area contributed by atoms with Crippen LogP contribution in [0.2, 0.25) is 0 Å². The molecule has 0 radical (unpaired) electrons. The Hall–Kier alpha value is -3.02. The van der Waals surface area contributed by atoms with E-state index in [0.29, 0.717) is 36.2 Å². The van der Waals surface area contributed by atoms with Crippen molar-refractivity contribution in [1.82, 2.24) is 0 Å². The molecule has 0 bridgehead atoms. The Labute approximate surface area is 179 Å². The monoisotopic (exact) mass is 411 g/mol. The first-order chi connectivity index (χ1) is 14.3. The molecule has 6 nitrogen and oxygen atoms in total. The standard InChI is InChI=1S/C24H33N3O3/c1-17(2)12-13-30-22-7-5-6-21(15-22)25-16-24(29)27-20-10-8-19(9-11-20)26-23(28)14-18(3)4/h5-11,15,17-18,25H,12-14,16H2,1-4H3,(H,26,28)(H,27,29). The maximum absolute atomic E-state index is 12.2. The normalized spacial score (nSPS) is 10.7. The van der Waals surface area contributed by atoms with E-state index < -0.39 is 0 Å². The van der Waals surface area contributed by atoms with Crippen LogP contribution in [0, 0.1) is 11.8 Å². The summed E-state index contributed by atoms with van der Waals surface area (Å²) in [4.78, 5) is 24.0. The molecule has 2 rings (SSSR count). The second kappa shape index (κ2) is 11.9. The van der Waals surface area contributed by atoms with Crippen molar-refractivity contribution >= 4 is 28.9 Å². The van der Waals surface area contributed by atoms with Gasteiger partial charge >= 0.3 is 0 Å². The summed E-state index contributed by atoms with van der Waals surface area (Å²) in [6.07, 6.45) is 1.48. The third-order valence-electron chi connectivity index (χ3n) is 4.30. The van der Waals surface area contributed by atoms with Gasteiger partial charge in [0.2, 0.25) is 11.8 Å². The molecule has 3 N–H and O–H groups in total. The molecule has 0 spiro atoms. The van der Waals surface area contributed by atoms with Crippen LogP contribution in [0.3, 0.4) is 0 Å². The third kappa shape index (κ3) is 8.99. The van der Waals surface area contributed by atoms with Crippen molar-refractivity contribution in [3.8, 4) is 5.75 Å². The van der Waals surface area contributed by atoms with E-state index in [4.69, 9.17) is 4.74 Å². The first-order valence-corrected chi connectivity index (χ1v) is 10.5. The number of amides is 2. The molecule has 0 heterocycles. The zero-order valence-electron chi connectivity index (χ0n) is 18.3. The molecule has 0 aliphatic heterocycles. The van der Waals surface area contributed by atoms with E-state index in [1.54, 1.807) is 24.3 Å². The van der Waals surface area contributed by atoms with Crippen LogP contribution in [0.1, 0.15) is 40.5 Å². The van der Waals surface area contributed by atoms with Crippen molar-refractivity contribution in [2.24, 2.45) is 11.8 Å². The van der Waals surface area contributed by atoms with Gasteiger partial charge in [-0.1, -0.05) is 33.8 Å². The Morgan fingerprint density at radius 1 is 0.833 bits per heavy atom. The Kier molecular flexibility index (Phi) is 9.19. The van der Waals surface area contributed by atoms with Gasteiger partial charge in [-0.2, -0.15) is 0 Å². The van der Waals surface area contributed by atoms with Crippen LogP contribution in [-0.4, -0.2) is 25.0 Å². The lowest BCUT2D eigenvalue weighted by Crippen LogP contribution is -2.21. The first-order valence-electron chi connectivity index (χ1n) is 10.5.